The molecule has 1 aromatic heterocycles. The average molecular weight is 400 g/mol. The summed E-state index contributed by atoms with van der Waals surface area (Å²) in [6.45, 7) is 2.94. The van der Waals surface area contributed by atoms with Gasteiger partial charge in [-0.2, -0.15) is 0 Å². The van der Waals surface area contributed by atoms with Crippen molar-refractivity contribution >= 4 is 5.69 Å². The van der Waals surface area contributed by atoms with E-state index in [9.17, 15) is 4.79 Å². The van der Waals surface area contributed by atoms with Crippen molar-refractivity contribution in [3.05, 3.63) is 118 Å². The number of hydrazine groups is 1. The van der Waals surface area contributed by atoms with Crippen LogP contribution in [0.25, 0.3) is 5.69 Å². The second kappa shape index (κ2) is 9.26. The molecule has 0 radical (unpaired) electrons. The van der Waals surface area contributed by atoms with Gasteiger partial charge >= 0.3 is 0 Å². The van der Waals surface area contributed by atoms with Crippen LogP contribution in [0.5, 0.6) is 0 Å². The number of aromatic nitrogens is 2. The monoisotopic (exact) mass is 400 g/mol. The van der Waals surface area contributed by atoms with Crippen molar-refractivity contribution < 1.29 is 4.84 Å². The Labute approximate surface area is 175 Å². The summed E-state index contributed by atoms with van der Waals surface area (Å²) in [5.41, 5.74) is 8.08. The molecule has 2 N–H and O–H groups in total. The first-order chi connectivity index (χ1) is 14.7. The molecular weight excluding hydrogens is 376 g/mol. The van der Waals surface area contributed by atoms with E-state index in [1.165, 1.54) is 0 Å². The van der Waals surface area contributed by atoms with Gasteiger partial charge in [-0.15, -0.1) is 0 Å². The van der Waals surface area contributed by atoms with Crippen LogP contribution in [0.1, 0.15) is 16.8 Å². The van der Waals surface area contributed by atoms with Gasteiger partial charge in [0, 0.05) is 11.8 Å². The molecule has 0 aliphatic rings. The smallest absolute Gasteiger partial charge is 0.264 e. The van der Waals surface area contributed by atoms with Gasteiger partial charge in [0.25, 0.3) is 5.56 Å². The summed E-state index contributed by atoms with van der Waals surface area (Å²) < 4.78 is 1.76. The van der Waals surface area contributed by atoms with Crippen molar-refractivity contribution in [2.24, 2.45) is 0 Å². The number of aromatic amines is 1. The molecule has 152 valence electrons. The summed E-state index contributed by atoms with van der Waals surface area (Å²) in [5.74, 6) is 0. The van der Waals surface area contributed by atoms with Crippen LogP contribution in [0, 0.1) is 6.92 Å². The van der Waals surface area contributed by atoms with E-state index < -0.39 is 0 Å². The predicted octanol–water partition coefficient (Wildman–Crippen LogP) is 4.43. The fourth-order valence-corrected chi connectivity index (χ4v) is 3.18. The van der Waals surface area contributed by atoms with E-state index in [1.54, 1.807) is 15.9 Å². The number of rotatable bonds is 8. The lowest BCUT2D eigenvalue weighted by Crippen LogP contribution is -2.29. The van der Waals surface area contributed by atoms with Crippen molar-refractivity contribution in [1.29, 1.82) is 0 Å². The summed E-state index contributed by atoms with van der Waals surface area (Å²) in [4.78, 5) is 17.6. The number of H-pyrrole nitrogens is 1. The van der Waals surface area contributed by atoms with Gasteiger partial charge in [-0.25, -0.2) is 0 Å². The quantitative estimate of drug-likeness (QED) is 0.430. The zero-order valence-electron chi connectivity index (χ0n) is 16.8. The SMILES string of the molecule is Cc1cc(=O)[nH]n1-c1ccc(NN(Cc2ccccc2)OCc2ccccc2)cc1. The highest BCUT2D eigenvalue weighted by Crippen LogP contribution is 2.16. The van der Waals surface area contributed by atoms with Crippen LogP contribution in [0.15, 0.2) is 95.8 Å². The van der Waals surface area contributed by atoms with Crippen LogP contribution in [0.4, 0.5) is 5.69 Å². The molecule has 0 fully saturated rings. The van der Waals surface area contributed by atoms with Crippen LogP contribution < -0.4 is 11.0 Å². The Morgan fingerprint density at radius 3 is 2.13 bits per heavy atom. The van der Waals surface area contributed by atoms with E-state index >= 15 is 0 Å². The summed E-state index contributed by atoms with van der Waals surface area (Å²) in [7, 11) is 0. The molecule has 30 heavy (non-hydrogen) atoms. The number of benzene rings is 3. The third-order valence-electron chi connectivity index (χ3n) is 4.69. The van der Waals surface area contributed by atoms with Crippen molar-refractivity contribution in [2.75, 3.05) is 5.43 Å². The maximum atomic E-state index is 11.5. The molecule has 1 heterocycles. The standard InChI is InChI=1S/C24H24N4O2/c1-19-16-24(29)26-28(19)23-14-12-22(13-15-23)25-27(17-20-8-4-2-5-9-20)30-18-21-10-6-3-7-11-21/h2-16,25H,17-18H2,1H3,(H,26,29). The normalized spacial score (nSPS) is 11.0. The number of nitrogens with one attached hydrogen (secondary N) is 2. The molecule has 0 aliphatic heterocycles. The number of anilines is 1. The van der Waals surface area contributed by atoms with Gasteiger partial charge in [0.1, 0.15) is 0 Å². The summed E-state index contributed by atoms with van der Waals surface area (Å²) >= 11 is 0. The second-order valence-electron chi connectivity index (χ2n) is 7.04. The minimum absolute atomic E-state index is 0.113. The zero-order chi connectivity index (χ0) is 20.8. The largest absolute Gasteiger partial charge is 0.296 e. The molecule has 0 bridgehead atoms. The molecule has 0 amide bonds. The van der Waals surface area contributed by atoms with Crippen LogP contribution >= 0.6 is 0 Å². The molecule has 3 aromatic carbocycles. The van der Waals surface area contributed by atoms with E-state index in [0.29, 0.717) is 13.2 Å². The third kappa shape index (κ3) is 5.05. The van der Waals surface area contributed by atoms with E-state index in [0.717, 1.165) is 28.2 Å². The molecule has 4 aromatic rings. The van der Waals surface area contributed by atoms with Gasteiger partial charge < -0.3 is 0 Å². The molecule has 0 aliphatic carbocycles. The lowest BCUT2D eigenvalue weighted by atomic mass is 10.2. The molecule has 6 nitrogen and oxygen atoms in total. The van der Waals surface area contributed by atoms with E-state index in [4.69, 9.17) is 4.84 Å². The second-order valence-corrected chi connectivity index (χ2v) is 7.04. The van der Waals surface area contributed by atoms with Crippen molar-refractivity contribution in [3.63, 3.8) is 0 Å². The maximum Gasteiger partial charge on any atom is 0.264 e. The highest BCUT2D eigenvalue weighted by atomic mass is 16.7. The van der Waals surface area contributed by atoms with Crippen LogP contribution in [0.2, 0.25) is 0 Å². The number of hydrogen-bond donors (Lipinski definition) is 2. The topological polar surface area (TPSA) is 62.3 Å². The van der Waals surface area contributed by atoms with Gasteiger partial charge in [0.15, 0.2) is 0 Å². The Balaban J connectivity index is 1.48. The molecule has 0 saturated heterocycles. The zero-order valence-corrected chi connectivity index (χ0v) is 16.8. The van der Waals surface area contributed by atoms with Crippen LogP contribution in [0.3, 0.4) is 0 Å². The molecule has 0 saturated carbocycles. The highest BCUT2D eigenvalue weighted by molar-refractivity contribution is 5.48. The number of nitrogens with zero attached hydrogens (tertiary/aromatic N) is 2. The van der Waals surface area contributed by atoms with Gasteiger partial charge in [-0.3, -0.25) is 24.8 Å². The van der Waals surface area contributed by atoms with Crippen molar-refractivity contribution in [3.8, 4) is 5.69 Å². The molecule has 6 heteroatoms. The van der Waals surface area contributed by atoms with Crippen LogP contribution in [-0.2, 0) is 18.0 Å². The minimum atomic E-state index is -0.113. The Kier molecular flexibility index (Phi) is 6.08. The summed E-state index contributed by atoms with van der Waals surface area (Å²) in [5, 5.41) is 4.53. The summed E-state index contributed by atoms with van der Waals surface area (Å²) in [6.07, 6.45) is 0. The van der Waals surface area contributed by atoms with E-state index in [-0.39, 0.29) is 5.56 Å². The van der Waals surface area contributed by atoms with E-state index in [1.807, 2.05) is 79.7 Å². The Hall–Kier alpha value is -3.61. The molecule has 0 spiro atoms. The Morgan fingerprint density at radius 2 is 1.53 bits per heavy atom. The first kappa shape index (κ1) is 19.7. The Morgan fingerprint density at radius 1 is 0.900 bits per heavy atom. The fraction of sp³-hybridized carbons (Fsp3) is 0.125. The van der Waals surface area contributed by atoms with Gasteiger partial charge in [-0.05, 0) is 42.3 Å². The first-order valence-electron chi connectivity index (χ1n) is 9.81. The lowest BCUT2D eigenvalue weighted by molar-refractivity contribution is -0.158. The number of aryl methyl sites for hydroxylation is 1. The molecule has 0 unspecified atom stereocenters. The highest BCUT2D eigenvalue weighted by Gasteiger charge is 2.09. The number of hydrogen-bond acceptors (Lipinski definition) is 4. The molecular formula is C24H24N4O2. The third-order valence-corrected chi connectivity index (χ3v) is 4.69. The molecule has 4 rings (SSSR count). The van der Waals surface area contributed by atoms with Crippen molar-refractivity contribution in [1.82, 2.24) is 15.0 Å². The van der Waals surface area contributed by atoms with Crippen molar-refractivity contribution in [2.45, 2.75) is 20.1 Å². The molecule has 0 atom stereocenters. The minimum Gasteiger partial charge on any atom is -0.296 e. The summed E-state index contributed by atoms with van der Waals surface area (Å²) in [6, 6.07) is 29.6. The average Bonchev–Trinajstić information content (AvgIpc) is 3.12. The van der Waals surface area contributed by atoms with E-state index in [2.05, 4.69) is 22.7 Å². The fourth-order valence-electron chi connectivity index (χ4n) is 3.18. The lowest BCUT2D eigenvalue weighted by Gasteiger charge is -2.24. The first-order valence-corrected chi connectivity index (χ1v) is 9.81. The van der Waals surface area contributed by atoms with Gasteiger partial charge in [-0.1, -0.05) is 65.8 Å². The Bertz CT molecular complexity index is 1120. The van der Waals surface area contributed by atoms with Crippen LogP contribution in [-0.4, -0.2) is 15.0 Å². The maximum absolute atomic E-state index is 11.5. The van der Waals surface area contributed by atoms with Gasteiger partial charge in [0.05, 0.1) is 24.5 Å². The van der Waals surface area contributed by atoms with Gasteiger partial charge in [0.2, 0.25) is 0 Å². The predicted molar refractivity (Wildman–Crippen MR) is 118 cm³/mol. The number of hydroxylamine groups is 1.